The van der Waals surface area contributed by atoms with Crippen LogP contribution in [0.4, 0.5) is 0 Å². The van der Waals surface area contributed by atoms with Gasteiger partial charge in [-0.05, 0) is 52.2 Å². The van der Waals surface area contributed by atoms with Crippen LogP contribution < -0.4 is 10.9 Å². The quantitative estimate of drug-likeness (QED) is 0.834. The number of rotatable bonds is 5. The fourth-order valence-corrected chi connectivity index (χ4v) is 2.60. The van der Waals surface area contributed by atoms with E-state index < -0.39 is 5.56 Å². The Labute approximate surface area is 148 Å². The smallest absolute Gasteiger partial charge is 0.266 e. The molecule has 0 radical (unpaired) electrons. The Balaban J connectivity index is 2.76. The molecule has 7 heteroatoms. The zero-order valence-electron chi connectivity index (χ0n) is 15.7. The second-order valence-electron chi connectivity index (χ2n) is 7.22. The predicted octanol–water partition coefficient (Wildman–Crippen LogP) is 1.17. The zero-order valence-corrected chi connectivity index (χ0v) is 15.7. The summed E-state index contributed by atoms with van der Waals surface area (Å²) in [7, 11) is 1.58. The van der Waals surface area contributed by atoms with Crippen LogP contribution in [0.5, 0.6) is 0 Å². The van der Waals surface area contributed by atoms with Gasteiger partial charge in [0.2, 0.25) is 11.8 Å². The molecule has 136 valence electrons. The average molecular weight is 346 g/mol. The number of likely N-dealkylation sites (N-methyl/N-ethyl adjacent to an activating group) is 1. The highest BCUT2D eigenvalue weighted by Crippen LogP contribution is 2.15. The van der Waals surface area contributed by atoms with Crippen molar-refractivity contribution in [3.63, 3.8) is 0 Å². The van der Waals surface area contributed by atoms with Crippen LogP contribution >= 0.6 is 0 Å². The van der Waals surface area contributed by atoms with Gasteiger partial charge in [0.1, 0.15) is 11.6 Å². The van der Waals surface area contributed by atoms with E-state index in [0.717, 1.165) is 5.56 Å². The highest BCUT2D eigenvalue weighted by Gasteiger charge is 2.19. The molecule has 2 amide bonds. The number of amides is 2. The van der Waals surface area contributed by atoms with Crippen molar-refractivity contribution in [3.05, 3.63) is 32.7 Å². The van der Waals surface area contributed by atoms with Crippen molar-refractivity contribution in [3.8, 4) is 6.07 Å². The number of pyridine rings is 1. The first-order valence-electron chi connectivity index (χ1n) is 8.13. The van der Waals surface area contributed by atoms with Crippen molar-refractivity contribution in [1.82, 2.24) is 15.2 Å². The number of aromatic amines is 1. The van der Waals surface area contributed by atoms with Gasteiger partial charge in [0.25, 0.3) is 5.56 Å². The molecule has 0 unspecified atom stereocenters. The van der Waals surface area contributed by atoms with Crippen molar-refractivity contribution >= 4 is 11.8 Å². The first-order valence-corrected chi connectivity index (χ1v) is 8.13. The van der Waals surface area contributed by atoms with E-state index in [1.54, 1.807) is 20.9 Å². The van der Waals surface area contributed by atoms with E-state index in [-0.39, 0.29) is 35.9 Å². The zero-order chi connectivity index (χ0) is 19.4. The molecule has 1 aromatic heterocycles. The van der Waals surface area contributed by atoms with E-state index in [1.807, 2.05) is 26.8 Å². The van der Waals surface area contributed by atoms with Crippen LogP contribution in [0.3, 0.4) is 0 Å². The summed E-state index contributed by atoms with van der Waals surface area (Å²) in [6.07, 6.45) is 0.588. The Morgan fingerprint density at radius 3 is 2.40 bits per heavy atom. The maximum absolute atomic E-state index is 12.3. The fraction of sp³-hybridized carbons (Fsp3) is 0.556. The largest absolute Gasteiger partial charge is 0.350 e. The van der Waals surface area contributed by atoms with Gasteiger partial charge in [-0.2, -0.15) is 5.26 Å². The molecule has 0 spiro atoms. The summed E-state index contributed by atoms with van der Waals surface area (Å²) in [4.78, 5) is 39.9. The molecule has 0 atom stereocenters. The van der Waals surface area contributed by atoms with Crippen LogP contribution in [-0.2, 0) is 16.0 Å². The highest BCUT2D eigenvalue weighted by molar-refractivity contribution is 5.85. The molecule has 0 saturated carbocycles. The third-order valence-corrected chi connectivity index (χ3v) is 3.83. The molecule has 1 rings (SSSR count). The van der Waals surface area contributed by atoms with Gasteiger partial charge in [-0.3, -0.25) is 14.4 Å². The standard InChI is InChI=1S/C18H26N4O3/c1-11-13(12(2)20-17(25)14(11)9-19)7-8-16(24)22(6)10-15(23)21-18(3,4)5/h7-8,10H2,1-6H3,(H,20,25)(H,21,23). The summed E-state index contributed by atoms with van der Waals surface area (Å²) in [6.45, 7) is 9.07. The van der Waals surface area contributed by atoms with Gasteiger partial charge in [-0.15, -0.1) is 0 Å². The van der Waals surface area contributed by atoms with E-state index in [9.17, 15) is 14.4 Å². The molecule has 1 aromatic rings. The third kappa shape index (κ3) is 5.75. The summed E-state index contributed by atoms with van der Waals surface area (Å²) >= 11 is 0. The van der Waals surface area contributed by atoms with Gasteiger partial charge in [-0.25, -0.2) is 0 Å². The SMILES string of the molecule is Cc1[nH]c(=O)c(C#N)c(C)c1CCC(=O)N(C)CC(=O)NC(C)(C)C. The first kappa shape index (κ1) is 20.4. The van der Waals surface area contributed by atoms with Crippen LogP contribution in [0.25, 0.3) is 0 Å². The molecule has 0 bridgehead atoms. The topological polar surface area (TPSA) is 106 Å². The minimum absolute atomic E-state index is 0.0108. The molecule has 25 heavy (non-hydrogen) atoms. The van der Waals surface area contributed by atoms with Crippen molar-refractivity contribution in [2.75, 3.05) is 13.6 Å². The van der Waals surface area contributed by atoms with Gasteiger partial charge in [0, 0.05) is 24.7 Å². The number of nitriles is 1. The summed E-state index contributed by atoms with van der Waals surface area (Å²) < 4.78 is 0. The molecule has 0 aliphatic carbocycles. The second kappa shape index (κ2) is 7.97. The lowest BCUT2D eigenvalue weighted by molar-refractivity contribution is -0.135. The number of hydrogen-bond donors (Lipinski definition) is 2. The van der Waals surface area contributed by atoms with Crippen molar-refractivity contribution in [1.29, 1.82) is 5.26 Å². The summed E-state index contributed by atoms with van der Waals surface area (Å²) in [5.74, 6) is -0.390. The van der Waals surface area contributed by atoms with E-state index in [1.165, 1.54) is 4.90 Å². The average Bonchev–Trinajstić information content (AvgIpc) is 2.44. The molecule has 0 saturated heterocycles. The lowest BCUT2D eigenvalue weighted by Gasteiger charge is -2.23. The van der Waals surface area contributed by atoms with Gasteiger partial charge >= 0.3 is 0 Å². The van der Waals surface area contributed by atoms with Crippen LogP contribution in [0.2, 0.25) is 0 Å². The molecule has 0 fully saturated rings. The molecule has 0 aromatic carbocycles. The van der Waals surface area contributed by atoms with E-state index in [4.69, 9.17) is 5.26 Å². The van der Waals surface area contributed by atoms with Crippen molar-refractivity contribution < 1.29 is 9.59 Å². The van der Waals surface area contributed by atoms with Gasteiger partial charge in [0.05, 0.1) is 6.54 Å². The molecule has 0 aliphatic rings. The normalized spacial score (nSPS) is 10.9. The Morgan fingerprint density at radius 1 is 1.28 bits per heavy atom. The van der Waals surface area contributed by atoms with E-state index >= 15 is 0 Å². The number of carbonyl (C=O) groups excluding carboxylic acids is 2. The van der Waals surface area contributed by atoms with Crippen molar-refractivity contribution in [2.45, 2.75) is 53.0 Å². The Hall–Kier alpha value is -2.62. The van der Waals surface area contributed by atoms with Crippen LogP contribution in [0.15, 0.2) is 4.79 Å². The molecule has 0 aliphatic heterocycles. The van der Waals surface area contributed by atoms with Crippen LogP contribution in [0, 0.1) is 25.2 Å². The molecular formula is C18H26N4O3. The minimum atomic E-state index is -0.413. The Bertz CT molecular complexity index is 766. The van der Waals surface area contributed by atoms with E-state index in [0.29, 0.717) is 17.7 Å². The molecule has 1 heterocycles. The molecular weight excluding hydrogens is 320 g/mol. The third-order valence-electron chi connectivity index (χ3n) is 3.83. The number of nitrogens with one attached hydrogen (secondary N) is 2. The fourth-order valence-electron chi connectivity index (χ4n) is 2.60. The number of nitrogens with zero attached hydrogens (tertiary/aromatic N) is 2. The molecule has 7 nitrogen and oxygen atoms in total. The number of aromatic nitrogens is 1. The van der Waals surface area contributed by atoms with Crippen molar-refractivity contribution in [2.24, 2.45) is 0 Å². The van der Waals surface area contributed by atoms with Gasteiger partial charge < -0.3 is 15.2 Å². The highest BCUT2D eigenvalue weighted by atomic mass is 16.2. The maximum Gasteiger partial charge on any atom is 0.266 e. The van der Waals surface area contributed by atoms with Crippen LogP contribution in [0.1, 0.15) is 49.6 Å². The number of hydrogen-bond acceptors (Lipinski definition) is 4. The molecule has 2 N–H and O–H groups in total. The lowest BCUT2D eigenvalue weighted by Crippen LogP contribution is -2.46. The first-order chi connectivity index (χ1) is 11.5. The second-order valence-corrected chi connectivity index (χ2v) is 7.22. The van der Waals surface area contributed by atoms with E-state index in [2.05, 4.69) is 10.3 Å². The lowest BCUT2D eigenvalue weighted by atomic mass is 9.99. The van der Waals surface area contributed by atoms with Gasteiger partial charge in [-0.1, -0.05) is 0 Å². The monoisotopic (exact) mass is 346 g/mol. The number of carbonyl (C=O) groups is 2. The predicted molar refractivity (Wildman–Crippen MR) is 95.1 cm³/mol. The minimum Gasteiger partial charge on any atom is -0.350 e. The summed E-state index contributed by atoms with van der Waals surface area (Å²) in [5, 5.41) is 11.9. The Kier molecular flexibility index (Phi) is 6.51. The number of aryl methyl sites for hydroxylation is 1. The summed E-state index contributed by atoms with van der Waals surface area (Å²) in [5.41, 5.74) is 1.36. The van der Waals surface area contributed by atoms with Crippen LogP contribution in [-0.4, -0.2) is 40.8 Å². The summed E-state index contributed by atoms with van der Waals surface area (Å²) in [6, 6.07) is 1.90. The van der Waals surface area contributed by atoms with Gasteiger partial charge in [0.15, 0.2) is 0 Å². The number of H-pyrrole nitrogens is 1. The Morgan fingerprint density at radius 2 is 1.88 bits per heavy atom. The maximum atomic E-state index is 12.3.